The fourth-order valence-corrected chi connectivity index (χ4v) is 5.68. The minimum Gasteiger partial charge on any atom is -0.494 e. The van der Waals surface area contributed by atoms with Crippen molar-refractivity contribution in [3.63, 3.8) is 0 Å². The number of fused-ring (bicyclic) bond motifs is 1. The molecule has 7 nitrogen and oxygen atoms in total. The van der Waals surface area contributed by atoms with Crippen LogP contribution < -0.4 is 10.3 Å². The van der Waals surface area contributed by atoms with Crippen molar-refractivity contribution in [1.82, 2.24) is 13.9 Å². The molecule has 4 aromatic rings. The van der Waals surface area contributed by atoms with Crippen LogP contribution in [0.2, 0.25) is 0 Å². The first-order chi connectivity index (χ1) is 16.8. The van der Waals surface area contributed by atoms with Gasteiger partial charge in [0.1, 0.15) is 11.6 Å². The molecule has 0 bridgehead atoms. The molecule has 0 fully saturated rings. The molecule has 0 spiro atoms. The van der Waals surface area contributed by atoms with Gasteiger partial charge < -0.3 is 4.74 Å². The Morgan fingerprint density at radius 1 is 1.00 bits per heavy atom. The lowest BCUT2D eigenvalue weighted by atomic mass is 10.1. The van der Waals surface area contributed by atoms with Gasteiger partial charge in [-0.3, -0.25) is 9.36 Å². The third-order valence-electron chi connectivity index (χ3n) is 5.82. The van der Waals surface area contributed by atoms with Crippen LogP contribution in [0.25, 0.3) is 16.6 Å². The van der Waals surface area contributed by atoms with E-state index in [0.717, 1.165) is 4.47 Å². The SMILES string of the molecule is CCOc1ccc(-n2c(C(CC)N(C)S(=O)(=O)c3ccc(Br)cc3)nc3ccccc3c2=O)cc1. The van der Waals surface area contributed by atoms with Crippen molar-refractivity contribution in [2.24, 2.45) is 0 Å². The highest BCUT2D eigenvalue weighted by Crippen LogP contribution is 2.30. The highest BCUT2D eigenvalue weighted by atomic mass is 79.9. The summed E-state index contributed by atoms with van der Waals surface area (Å²) in [5.41, 5.74) is 0.838. The Balaban J connectivity index is 1.91. The summed E-state index contributed by atoms with van der Waals surface area (Å²) in [6.45, 7) is 4.30. The van der Waals surface area contributed by atoms with Crippen molar-refractivity contribution in [1.29, 1.82) is 0 Å². The van der Waals surface area contributed by atoms with Gasteiger partial charge in [0.25, 0.3) is 5.56 Å². The van der Waals surface area contributed by atoms with E-state index in [-0.39, 0.29) is 10.5 Å². The number of para-hydroxylation sites is 1. The number of halogens is 1. The minimum atomic E-state index is -3.86. The Morgan fingerprint density at radius 3 is 2.29 bits per heavy atom. The van der Waals surface area contributed by atoms with Gasteiger partial charge in [0.05, 0.1) is 34.1 Å². The molecule has 0 saturated heterocycles. The normalized spacial score (nSPS) is 12.7. The quantitative estimate of drug-likeness (QED) is 0.294. The Labute approximate surface area is 213 Å². The van der Waals surface area contributed by atoms with Gasteiger partial charge >= 0.3 is 0 Å². The lowest BCUT2D eigenvalue weighted by molar-refractivity contribution is 0.340. The topological polar surface area (TPSA) is 81.5 Å². The molecule has 0 aliphatic rings. The summed E-state index contributed by atoms with van der Waals surface area (Å²) < 4.78 is 36.1. The van der Waals surface area contributed by atoms with Crippen LogP contribution in [0.4, 0.5) is 0 Å². The standard InChI is InChI=1S/C26H26BrN3O4S/c1-4-24(29(3)35(32,33)21-16-10-18(27)11-17-21)25-28-23-9-7-6-8-22(23)26(31)30(25)19-12-14-20(15-13-19)34-5-2/h6-17,24H,4-5H2,1-3H3. The first-order valence-corrected chi connectivity index (χ1v) is 13.5. The monoisotopic (exact) mass is 555 g/mol. The molecule has 0 radical (unpaired) electrons. The van der Waals surface area contributed by atoms with Gasteiger partial charge in [0.2, 0.25) is 10.0 Å². The zero-order chi connectivity index (χ0) is 25.2. The smallest absolute Gasteiger partial charge is 0.266 e. The maximum Gasteiger partial charge on any atom is 0.266 e. The summed E-state index contributed by atoms with van der Waals surface area (Å²) in [5.74, 6) is 1.03. The van der Waals surface area contributed by atoms with Gasteiger partial charge in [0, 0.05) is 11.5 Å². The number of ether oxygens (including phenoxy) is 1. The maximum atomic E-state index is 13.7. The van der Waals surface area contributed by atoms with Crippen molar-refractivity contribution in [3.8, 4) is 11.4 Å². The molecule has 1 aromatic heterocycles. The number of hydrogen-bond acceptors (Lipinski definition) is 5. The van der Waals surface area contributed by atoms with E-state index < -0.39 is 16.1 Å². The fraction of sp³-hybridized carbons (Fsp3) is 0.231. The first kappa shape index (κ1) is 25.1. The van der Waals surface area contributed by atoms with Crippen molar-refractivity contribution in [3.05, 3.63) is 93.4 Å². The molecule has 182 valence electrons. The van der Waals surface area contributed by atoms with Crippen molar-refractivity contribution in [2.75, 3.05) is 13.7 Å². The van der Waals surface area contributed by atoms with Crippen molar-refractivity contribution < 1.29 is 13.2 Å². The molecule has 1 atom stereocenters. The number of rotatable bonds is 8. The summed E-state index contributed by atoms with van der Waals surface area (Å²) in [6, 6.07) is 20.0. The molecule has 35 heavy (non-hydrogen) atoms. The first-order valence-electron chi connectivity index (χ1n) is 11.3. The van der Waals surface area contributed by atoms with Crippen LogP contribution in [0, 0.1) is 0 Å². The minimum absolute atomic E-state index is 0.164. The average molecular weight is 556 g/mol. The molecule has 9 heteroatoms. The van der Waals surface area contributed by atoms with E-state index in [1.807, 2.05) is 19.9 Å². The van der Waals surface area contributed by atoms with Crippen LogP contribution in [0.5, 0.6) is 5.75 Å². The van der Waals surface area contributed by atoms with Crippen LogP contribution in [0.3, 0.4) is 0 Å². The second-order valence-corrected chi connectivity index (χ2v) is 10.9. The second-order valence-electron chi connectivity index (χ2n) is 7.95. The summed E-state index contributed by atoms with van der Waals surface area (Å²) in [7, 11) is -2.33. The lowest BCUT2D eigenvalue weighted by Gasteiger charge is -2.28. The fourth-order valence-electron chi connectivity index (χ4n) is 4.02. The van der Waals surface area contributed by atoms with Gasteiger partial charge in [-0.25, -0.2) is 13.4 Å². The number of nitrogens with zero attached hydrogens (tertiary/aromatic N) is 3. The molecule has 0 N–H and O–H groups in total. The predicted octanol–water partition coefficient (Wildman–Crippen LogP) is 5.32. The van der Waals surface area contributed by atoms with E-state index in [2.05, 4.69) is 15.9 Å². The predicted molar refractivity (Wildman–Crippen MR) is 141 cm³/mol. The molecule has 0 amide bonds. The zero-order valence-electron chi connectivity index (χ0n) is 19.7. The van der Waals surface area contributed by atoms with E-state index >= 15 is 0 Å². The Hall–Kier alpha value is -3.01. The van der Waals surface area contributed by atoms with Crippen molar-refractivity contribution >= 4 is 36.9 Å². The average Bonchev–Trinajstić information content (AvgIpc) is 2.86. The molecule has 0 aliphatic heterocycles. The molecular formula is C26H26BrN3O4S. The molecule has 0 saturated carbocycles. The molecule has 0 aliphatic carbocycles. The van der Waals surface area contributed by atoms with Crippen LogP contribution >= 0.6 is 15.9 Å². The number of sulfonamides is 1. The van der Waals surface area contributed by atoms with Gasteiger partial charge in [0.15, 0.2) is 0 Å². The van der Waals surface area contributed by atoms with Gasteiger partial charge in [-0.05, 0) is 74.0 Å². The van der Waals surface area contributed by atoms with Crippen molar-refractivity contribution in [2.45, 2.75) is 31.2 Å². The van der Waals surface area contributed by atoms with Gasteiger partial charge in [-0.15, -0.1) is 0 Å². The number of hydrogen-bond donors (Lipinski definition) is 0. The third kappa shape index (κ3) is 4.89. The molecule has 1 unspecified atom stereocenters. The van der Waals surface area contributed by atoms with E-state index in [4.69, 9.17) is 9.72 Å². The lowest BCUT2D eigenvalue weighted by Crippen LogP contribution is -2.36. The van der Waals surface area contributed by atoms with Crippen LogP contribution in [-0.2, 0) is 10.0 Å². The number of benzene rings is 3. The van der Waals surface area contributed by atoms with Gasteiger partial charge in [-0.2, -0.15) is 4.31 Å². The Morgan fingerprint density at radius 2 is 1.66 bits per heavy atom. The summed E-state index contributed by atoms with van der Waals surface area (Å²) in [6.07, 6.45) is 0.411. The molecule has 1 heterocycles. The summed E-state index contributed by atoms with van der Waals surface area (Å²) in [4.78, 5) is 18.6. The Bertz CT molecular complexity index is 1500. The second kappa shape index (κ2) is 10.3. The van der Waals surface area contributed by atoms with Crippen LogP contribution in [-0.4, -0.2) is 35.9 Å². The zero-order valence-corrected chi connectivity index (χ0v) is 22.1. The highest BCUT2D eigenvalue weighted by molar-refractivity contribution is 9.10. The van der Waals surface area contributed by atoms with E-state index in [0.29, 0.717) is 41.2 Å². The van der Waals surface area contributed by atoms with E-state index in [1.165, 1.54) is 15.9 Å². The molecular weight excluding hydrogens is 530 g/mol. The third-order valence-corrected chi connectivity index (χ3v) is 8.23. The Kier molecular flexibility index (Phi) is 7.39. The highest BCUT2D eigenvalue weighted by Gasteiger charge is 2.32. The molecule has 3 aromatic carbocycles. The van der Waals surface area contributed by atoms with Crippen LogP contribution in [0.15, 0.2) is 87.0 Å². The van der Waals surface area contributed by atoms with E-state index in [9.17, 15) is 13.2 Å². The van der Waals surface area contributed by atoms with Crippen LogP contribution in [0.1, 0.15) is 32.1 Å². The van der Waals surface area contributed by atoms with E-state index in [1.54, 1.807) is 66.7 Å². The molecule has 4 rings (SSSR count). The summed E-state index contributed by atoms with van der Waals surface area (Å²) >= 11 is 3.34. The largest absolute Gasteiger partial charge is 0.494 e. The maximum absolute atomic E-state index is 13.7. The number of aromatic nitrogens is 2. The van der Waals surface area contributed by atoms with Gasteiger partial charge in [-0.1, -0.05) is 35.0 Å². The summed E-state index contributed by atoms with van der Waals surface area (Å²) in [5, 5.41) is 0.457.